The van der Waals surface area contributed by atoms with E-state index in [0.29, 0.717) is 6.61 Å². The van der Waals surface area contributed by atoms with E-state index in [2.05, 4.69) is 19.1 Å². The Morgan fingerprint density at radius 1 is 1.43 bits per heavy atom. The topological polar surface area (TPSA) is 35.2 Å². The molecule has 2 heteroatoms. The van der Waals surface area contributed by atoms with E-state index in [1.807, 2.05) is 13.0 Å². The zero-order valence-corrected chi connectivity index (χ0v) is 8.84. The van der Waals surface area contributed by atoms with E-state index in [0.717, 1.165) is 18.6 Å². The molecule has 76 valence electrons. The molecule has 0 aromatic heterocycles. The van der Waals surface area contributed by atoms with Gasteiger partial charge in [-0.3, -0.25) is 0 Å². The summed E-state index contributed by atoms with van der Waals surface area (Å²) >= 11 is 0. The quantitative estimate of drug-likeness (QED) is 0.796. The molecule has 2 N–H and O–H groups in total. The lowest BCUT2D eigenvalue weighted by Gasteiger charge is -2.14. The minimum Gasteiger partial charge on any atom is -0.494 e. The Kier molecular flexibility index (Phi) is 2.23. The van der Waals surface area contributed by atoms with E-state index >= 15 is 0 Å². The van der Waals surface area contributed by atoms with Gasteiger partial charge in [-0.05, 0) is 49.9 Å². The third kappa shape index (κ3) is 1.62. The van der Waals surface area contributed by atoms with E-state index in [1.165, 1.54) is 11.1 Å². The van der Waals surface area contributed by atoms with E-state index in [1.54, 1.807) is 0 Å². The summed E-state index contributed by atoms with van der Waals surface area (Å²) < 4.78 is 5.43. The van der Waals surface area contributed by atoms with Crippen LogP contribution >= 0.6 is 0 Å². The van der Waals surface area contributed by atoms with E-state index in [9.17, 15) is 0 Å². The molecular weight excluding hydrogens is 174 g/mol. The lowest BCUT2D eigenvalue weighted by molar-refractivity contribution is 0.340. The van der Waals surface area contributed by atoms with Gasteiger partial charge in [-0.2, -0.15) is 0 Å². The average molecular weight is 191 g/mol. The highest BCUT2D eigenvalue weighted by Crippen LogP contribution is 2.44. The van der Waals surface area contributed by atoms with Crippen LogP contribution in [-0.2, 0) is 5.54 Å². The predicted molar refractivity (Wildman–Crippen MR) is 57.4 cm³/mol. The monoisotopic (exact) mass is 191 g/mol. The van der Waals surface area contributed by atoms with Gasteiger partial charge in [-0.25, -0.2) is 0 Å². The van der Waals surface area contributed by atoms with Gasteiger partial charge in [0.25, 0.3) is 0 Å². The van der Waals surface area contributed by atoms with E-state index < -0.39 is 0 Å². The largest absolute Gasteiger partial charge is 0.494 e. The molecule has 2 nitrogen and oxygen atoms in total. The number of hydrogen-bond acceptors (Lipinski definition) is 2. The van der Waals surface area contributed by atoms with Crippen LogP contribution in [0.3, 0.4) is 0 Å². The third-order valence-electron chi connectivity index (χ3n) is 2.83. The predicted octanol–water partition coefficient (Wildman–Crippen LogP) is 2.34. The molecular formula is C12H17NO. The van der Waals surface area contributed by atoms with Crippen molar-refractivity contribution < 1.29 is 4.74 Å². The second kappa shape index (κ2) is 3.28. The molecule has 1 aliphatic carbocycles. The SMILES string of the molecule is CCOc1ccc(C2(N)CC2)c(C)c1. The Morgan fingerprint density at radius 3 is 2.64 bits per heavy atom. The first-order chi connectivity index (χ1) is 6.65. The van der Waals surface area contributed by atoms with Crippen molar-refractivity contribution in [1.82, 2.24) is 0 Å². The number of benzene rings is 1. The summed E-state index contributed by atoms with van der Waals surface area (Å²) in [6.45, 7) is 4.81. The molecule has 0 spiro atoms. The minimum atomic E-state index is -0.0329. The van der Waals surface area contributed by atoms with Crippen molar-refractivity contribution in [1.29, 1.82) is 0 Å². The Labute approximate surface area is 85.1 Å². The van der Waals surface area contributed by atoms with Crippen molar-refractivity contribution in [2.24, 2.45) is 5.73 Å². The summed E-state index contributed by atoms with van der Waals surface area (Å²) in [7, 11) is 0. The van der Waals surface area contributed by atoms with Crippen molar-refractivity contribution >= 4 is 0 Å². The molecule has 0 unspecified atom stereocenters. The molecule has 0 bridgehead atoms. The fourth-order valence-corrected chi connectivity index (χ4v) is 1.86. The maximum absolute atomic E-state index is 6.15. The Morgan fingerprint density at radius 2 is 2.14 bits per heavy atom. The second-order valence-electron chi connectivity index (χ2n) is 4.07. The normalized spacial score (nSPS) is 17.9. The highest BCUT2D eigenvalue weighted by atomic mass is 16.5. The summed E-state index contributed by atoms with van der Waals surface area (Å²) in [4.78, 5) is 0. The third-order valence-corrected chi connectivity index (χ3v) is 2.83. The summed E-state index contributed by atoms with van der Waals surface area (Å²) in [5, 5.41) is 0. The van der Waals surface area contributed by atoms with Crippen LogP contribution < -0.4 is 10.5 Å². The fraction of sp³-hybridized carbons (Fsp3) is 0.500. The van der Waals surface area contributed by atoms with Gasteiger partial charge in [0.05, 0.1) is 6.61 Å². The van der Waals surface area contributed by atoms with Crippen molar-refractivity contribution in [3.05, 3.63) is 29.3 Å². The van der Waals surface area contributed by atoms with Crippen LogP contribution in [0.1, 0.15) is 30.9 Å². The molecule has 0 atom stereocenters. The van der Waals surface area contributed by atoms with Crippen molar-refractivity contribution in [3.8, 4) is 5.75 Å². The summed E-state index contributed by atoms with van der Waals surface area (Å²) in [6.07, 6.45) is 2.23. The Hall–Kier alpha value is -1.02. The molecule has 0 saturated heterocycles. The van der Waals surface area contributed by atoms with Crippen LogP contribution in [0.5, 0.6) is 5.75 Å². The molecule has 0 radical (unpaired) electrons. The van der Waals surface area contributed by atoms with Crippen LogP contribution in [-0.4, -0.2) is 6.61 Å². The van der Waals surface area contributed by atoms with Crippen molar-refractivity contribution in [2.45, 2.75) is 32.2 Å². The first kappa shape index (κ1) is 9.53. The summed E-state index contributed by atoms with van der Waals surface area (Å²) in [5.41, 5.74) is 8.64. The van der Waals surface area contributed by atoms with Crippen LogP contribution in [0, 0.1) is 6.92 Å². The van der Waals surface area contributed by atoms with Gasteiger partial charge in [0.1, 0.15) is 5.75 Å². The number of hydrogen-bond donors (Lipinski definition) is 1. The first-order valence-corrected chi connectivity index (χ1v) is 5.18. The molecule has 2 rings (SSSR count). The second-order valence-corrected chi connectivity index (χ2v) is 4.07. The van der Waals surface area contributed by atoms with Crippen LogP contribution in [0.15, 0.2) is 18.2 Å². The van der Waals surface area contributed by atoms with Gasteiger partial charge < -0.3 is 10.5 Å². The highest BCUT2D eigenvalue weighted by molar-refractivity contribution is 5.41. The van der Waals surface area contributed by atoms with Gasteiger partial charge in [0.15, 0.2) is 0 Å². The maximum Gasteiger partial charge on any atom is 0.119 e. The first-order valence-electron chi connectivity index (χ1n) is 5.18. The van der Waals surface area contributed by atoms with Crippen molar-refractivity contribution in [3.63, 3.8) is 0 Å². The maximum atomic E-state index is 6.15. The Bertz CT molecular complexity index is 342. The molecule has 14 heavy (non-hydrogen) atoms. The van der Waals surface area contributed by atoms with Gasteiger partial charge in [0.2, 0.25) is 0 Å². The van der Waals surface area contributed by atoms with Gasteiger partial charge in [-0.1, -0.05) is 6.07 Å². The number of ether oxygens (including phenoxy) is 1. The lowest BCUT2D eigenvalue weighted by Crippen LogP contribution is -2.19. The minimum absolute atomic E-state index is 0.0329. The van der Waals surface area contributed by atoms with Crippen LogP contribution in [0.2, 0.25) is 0 Å². The summed E-state index contributed by atoms with van der Waals surface area (Å²) in [6, 6.07) is 6.19. The molecule has 1 aromatic carbocycles. The van der Waals surface area contributed by atoms with Gasteiger partial charge >= 0.3 is 0 Å². The lowest BCUT2D eigenvalue weighted by atomic mass is 10.00. The fourth-order valence-electron chi connectivity index (χ4n) is 1.86. The standard InChI is InChI=1S/C12H17NO/c1-3-14-10-4-5-11(9(2)8-10)12(13)6-7-12/h4-5,8H,3,6-7,13H2,1-2H3. The highest BCUT2D eigenvalue weighted by Gasteiger charge is 2.40. The molecule has 0 amide bonds. The van der Waals surface area contributed by atoms with Crippen LogP contribution in [0.4, 0.5) is 0 Å². The number of aryl methyl sites for hydroxylation is 1. The van der Waals surface area contributed by atoms with Gasteiger partial charge in [-0.15, -0.1) is 0 Å². The zero-order valence-electron chi connectivity index (χ0n) is 8.84. The van der Waals surface area contributed by atoms with Gasteiger partial charge in [0, 0.05) is 5.54 Å². The molecule has 0 heterocycles. The van der Waals surface area contributed by atoms with Crippen molar-refractivity contribution in [2.75, 3.05) is 6.61 Å². The molecule has 0 aliphatic heterocycles. The molecule has 1 aromatic rings. The van der Waals surface area contributed by atoms with E-state index in [4.69, 9.17) is 10.5 Å². The number of rotatable bonds is 3. The van der Waals surface area contributed by atoms with Crippen LogP contribution in [0.25, 0.3) is 0 Å². The average Bonchev–Trinajstić information content (AvgIpc) is 2.85. The number of nitrogens with two attached hydrogens (primary N) is 1. The summed E-state index contributed by atoms with van der Waals surface area (Å²) in [5.74, 6) is 0.943. The Balaban J connectivity index is 2.27. The van der Waals surface area contributed by atoms with E-state index in [-0.39, 0.29) is 5.54 Å². The zero-order chi connectivity index (χ0) is 10.2. The molecule has 1 aliphatic rings. The molecule has 1 saturated carbocycles. The molecule has 1 fully saturated rings. The smallest absolute Gasteiger partial charge is 0.119 e.